The molecule has 1 fully saturated rings. The van der Waals surface area contributed by atoms with E-state index in [1.165, 1.54) is 0 Å². The van der Waals surface area contributed by atoms with Gasteiger partial charge in [-0.1, -0.05) is 78.9 Å². The number of para-hydroxylation sites is 1. The van der Waals surface area contributed by atoms with Crippen LogP contribution in [0.1, 0.15) is 24.0 Å². The standard InChI is InChI=1S/C24H24N2O2S/c27-29(28,25-23-16-8-3-9-17-23)26-18-10-15-22(19-26)24(20-11-4-1-5-12-20)21-13-6-2-7-14-21/h1-9,11-14,16-17,25H,10,15,18-19H2. The highest BCUT2D eigenvalue weighted by Gasteiger charge is 2.28. The number of piperidine rings is 1. The van der Waals surface area contributed by atoms with Gasteiger partial charge in [-0.2, -0.15) is 12.7 Å². The van der Waals surface area contributed by atoms with Crippen LogP contribution in [0.4, 0.5) is 5.69 Å². The van der Waals surface area contributed by atoms with Gasteiger partial charge in [-0.05, 0) is 47.2 Å². The minimum Gasteiger partial charge on any atom is -0.271 e. The van der Waals surface area contributed by atoms with Crippen LogP contribution in [0.15, 0.2) is 96.6 Å². The number of benzene rings is 3. The number of nitrogens with zero attached hydrogens (tertiary/aromatic N) is 1. The Labute approximate surface area is 172 Å². The molecule has 0 spiro atoms. The predicted molar refractivity (Wildman–Crippen MR) is 119 cm³/mol. The number of hydrogen-bond acceptors (Lipinski definition) is 2. The molecule has 0 atom stereocenters. The molecule has 29 heavy (non-hydrogen) atoms. The first-order chi connectivity index (χ1) is 14.1. The van der Waals surface area contributed by atoms with Crippen molar-refractivity contribution in [1.29, 1.82) is 0 Å². The van der Waals surface area contributed by atoms with Crippen molar-refractivity contribution < 1.29 is 8.42 Å². The van der Waals surface area contributed by atoms with Gasteiger partial charge >= 0.3 is 10.2 Å². The molecule has 0 radical (unpaired) electrons. The second kappa shape index (κ2) is 8.64. The fourth-order valence-electron chi connectivity index (χ4n) is 3.75. The van der Waals surface area contributed by atoms with Gasteiger partial charge in [0, 0.05) is 18.8 Å². The zero-order valence-electron chi connectivity index (χ0n) is 16.2. The van der Waals surface area contributed by atoms with Gasteiger partial charge in [0.05, 0.1) is 0 Å². The molecule has 0 saturated carbocycles. The lowest BCUT2D eigenvalue weighted by Gasteiger charge is -2.30. The van der Waals surface area contributed by atoms with E-state index in [9.17, 15) is 8.42 Å². The summed E-state index contributed by atoms with van der Waals surface area (Å²) in [6.45, 7) is 0.907. The molecule has 1 N–H and O–H groups in total. The van der Waals surface area contributed by atoms with Crippen LogP contribution < -0.4 is 4.72 Å². The van der Waals surface area contributed by atoms with E-state index in [1.807, 2.05) is 54.6 Å². The molecule has 0 aromatic heterocycles. The maximum atomic E-state index is 13.0. The summed E-state index contributed by atoms with van der Waals surface area (Å²) in [5.74, 6) is 0. The van der Waals surface area contributed by atoms with Gasteiger partial charge in [0.1, 0.15) is 0 Å². The first-order valence-corrected chi connectivity index (χ1v) is 11.2. The quantitative estimate of drug-likeness (QED) is 0.655. The SMILES string of the molecule is O=S(=O)(Nc1ccccc1)N1CCCC(=C(c2ccccc2)c2ccccc2)C1. The topological polar surface area (TPSA) is 49.4 Å². The molecule has 1 aliphatic heterocycles. The summed E-state index contributed by atoms with van der Waals surface area (Å²) in [6, 6.07) is 29.5. The third-order valence-electron chi connectivity index (χ3n) is 5.09. The molecule has 3 aromatic carbocycles. The van der Waals surface area contributed by atoms with Crippen molar-refractivity contribution in [2.24, 2.45) is 0 Å². The van der Waals surface area contributed by atoms with E-state index in [0.29, 0.717) is 18.8 Å². The van der Waals surface area contributed by atoms with Crippen LogP contribution in [0.3, 0.4) is 0 Å². The zero-order chi connectivity index (χ0) is 20.1. The lowest BCUT2D eigenvalue weighted by atomic mass is 9.90. The second-order valence-electron chi connectivity index (χ2n) is 7.12. The van der Waals surface area contributed by atoms with Gasteiger partial charge < -0.3 is 0 Å². The lowest BCUT2D eigenvalue weighted by molar-refractivity contribution is 0.398. The van der Waals surface area contributed by atoms with Gasteiger partial charge in [-0.3, -0.25) is 4.72 Å². The minimum atomic E-state index is -3.62. The molecule has 4 rings (SSSR count). The van der Waals surface area contributed by atoms with E-state index >= 15 is 0 Å². The first-order valence-electron chi connectivity index (χ1n) is 9.79. The third kappa shape index (κ3) is 4.58. The van der Waals surface area contributed by atoms with Crippen LogP contribution >= 0.6 is 0 Å². The molecule has 0 aliphatic carbocycles. The molecule has 0 unspecified atom stereocenters. The fraction of sp³-hybridized carbons (Fsp3) is 0.167. The van der Waals surface area contributed by atoms with Crippen LogP contribution in [0.25, 0.3) is 5.57 Å². The highest BCUT2D eigenvalue weighted by atomic mass is 32.2. The number of anilines is 1. The van der Waals surface area contributed by atoms with Crippen molar-refractivity contribution in [3.8, 4) is 0 Å². The van der Waals surface area contributed by atoms with Crippen LogP contribution in [-0.2, 0) is 10.2 Å². The minimum absolute atomic E-state index is 0.390. The van der Waals surface area contributed by atoms with E-state index in [-0.39, 0.29) is 0 Å². The van der Waals surface area contributed by atoms with Gasteiger partial charge in [-0.25, -0.2) is 0 Å². The van der Waals surface area contributed by atoms with Gasteiger partial charge in [0.25, 0.3) is 0 Å². The van der Waals surface area contributed by atoms with Crippen LogP contribution in [0.5, 0.6) is 0 Å². The Morgan fingerprint density at radius 2 is 1.28 bits per heavy atom. The monoisotopic (exact) mass is 404 g/mol. The molecule has 5 heteroatoms. The van der Waals surface area contributed by atoms with E-state index < -0.39 is 10.2 Å². The molecule has 3 aromatic rings. The van der Waals surface area contributed by atoms with Crippen molar-refractivity contribution in [3.05, 3.63) is 108 Å². The smallest absolute Gasteiger partial charge is 0.271 e. The predicted octanol–water partition coefficient (Wildman–Crippen LogP) is 4.94. The lowest BCUT2D eigenvalue weighted by Crippen LogP contribution is -2.40. The number of hydrogen-bond donors (Lipinski definition) is 1. The highest BCUT2D eigenvalue weighted by molar-refractivity contribution is 7.90. The number of nitrogens with one attached hydrogen (secondary N) is 1. The number of rotatable bonds is 5. The van der Waals surface area contributed by atoms with Crippen molar-refractivity contribution in [2.45, 2.75) is 12.8 Å². The van der Waals surface area contributed by atoms with Gasteiger partial charge in [-0.15, -0.1) is 0 Å². The van der Waals surface area contributed by atoms with Crippen LogP contribution in [-0.4, -0.2) is 25.8 Å². The van der Waals surface area contributed by atoms with Crippen molar-refractivity contribution in [1.82, 2.24) is 4.31 Å². The fourth-order valence-corrected chi connectivity index (χ4v) is 5.01. The zero-order valence-corrected chi connectivity index (χ0v) is 17.0. The molecule has 1 heterocycles. The van der Waals surface area contributed by atoms with Gasteiger partial charge in [0.15, 0.2) is 0 Å². The summed E-state index contributed by atoms with van der Waals surface area (Å²) in [5.41, 5.74) is 5.08. The maximum absolute atomic E-state index is 13.0. The second-order valence-corrected chi connectivity index (χ2v) is 8.79. The Bertz CT molecular complexity index is 1040. The molecular formula is C24H24N2O2S. The summed E-state index contributed by atoms with van der Waals surface area (Å²) in [6.07, 6.45) is 1.69. The van der Waals surface area contributed by atoms with Crippen LogP contribution in [0, 0.1) is 0 Å². The summed E-state index contributed by atoms with van der Waals surface area (Å²) >= 11 is 0. The van der Waals surface area contributed by atoms with Crippen molar-refractivity contribution in [2.75, 3.05) is 17.8 Å². The molecule has 0 bridgehead atoms. The first kappa shape index (κ1) is 19.4. The molecule has 1 aliphatic rings. The molecule has 0 amide bonds. The summed E-state index contributed by atoms with van der Waals surface area (Å²) in [7, 11) is -3.62. The normalized spacial score (nSPS) is 15.1. The Hall–Kier alpha value is -2.89. The summed E-state index contributed by atoms with van der Waals surface area (Å²) < 4.78 is 30.2. The molecule has 1 saturated heterocycles. The highest BCUT2D eigenvalue weighted by Crippen LogP contribution is 2.32. The molecular weight excluding hydrogens is 380 g/mol. The van der Waals surface area contributed by atoms with E-state index in [1.54, 1.807) is 16.4 Å². The largest absolute Gasteiger partial charge is 0.301 e. The van der Waals surface area contributed by atoms with Crippen LogP contribution in [0.2, 0.25) is 0 Å². The summed E-state index contributed by atoms with van der Waals surface area (Å²) in [4.78, 5) is 0. The van der Waals surface area contributed by atoms with E-state index in [2.05, 4.69) is 29.0 Å². The maximum Gasteiger partial charge on any atom is 0.301 e. The van der Waals surface area contributed by atoms with E-state index in [4.69, 9.17) is 0 Å². The Kier molecular flexibility index (Phi) is 5.79. The molecule has 148 valence electrons. The summed E-state index contributed by atoms with van der Waals surface area (Å²) in [5, 5.41) is 0. The Morgan fingerprint density at radius 3 is 1.83 bits per heavy atom. The van der Waals surface area contributed by atoms with Crippen molar-refractivity contribution >= 4 is 21.5 Å². The molecule has 4 nitrogen and oxygen atoms in total. The van der Waals surface area contributed by atoms with E-state index in [0.717, 1.165) is 35.1 Å². The average molecular weight is 405 g/mol. The average Bonchev–Trinajstić information content (AvgIpc) is 2.76. The van der Waals surface area contributed by atoms with Crippen molar-refractivity contribution in [3.63, 3.8) is 0 Å². The Morgan fingerprint density at radius 1 is 0.759 bits per heavy atom. The van der Waals surface area contributed by atoms with Gasteiger partial charge in [0.2, 0.25) is 0 Å². The Balaban J connectivity index is 1.70. The third-order valence-corrected chi connectivity index (χ3v) is 6.58.